The Bertz CT molecular complexity index is 2360. The summed E-state index contributed by atoms with van der Waals surface area (Å²) in [5.74, 6) is 0.552. The zero-order valence-electron chi connectivity index (χ0n) is 27.4. The Balaban J connectivity index is 0.000000808. The Morgan fingerprint density at radius 2 is 1.27 bits per heavy atom. The van der Waals surface area contributed by atoms with E-state index in [0.29, 0.717) is 39.7 Å². The van der Waals surface area contributed by atoms with Gasteiger partial charge in [-0.2, -0.15) is 0 Å². The second-order valence-electron chi connectivity index (χ2n) is 11.3. The molecule has 9 nitrogen and oxygen atoms in total. The molecule has 0 radical (unpaired) electrons. The predicted octanol–water partition coefficient (Wildman–Crippen LogP) is 2.56. The van der Waals surface area contributed by atoms with Crippen LogP contribution in [0.3, 0.4) is 0 Å². The summed E-state index contributed by atoms with van der Waals surface area (Å²) in [5, 5.41) is 5.03. The van der Waals surface area contributed by atoms with E-state index >= 15 is 0 Å². The maximum atomic E-state index is 12.3. The van der Waals surface area contributed by atoms with Crippen molar-refractivity contribution < 1.29 is 64.9 Å². The van der Waals surface area contributed by atoms with Crippen LogP contribution >= 0.6 is 0 Å². The van der Waals surface area contributed by atoms with Crippen molar-refractivity contribution in [1.82, 2.24) is 0 Å². The average Bonchev–Trinajstić information content (AvgIpc) is 2.98. The van der Waals surface area contributed by atoms with E-state index in [0.717, 1.165) is 44.7 Å². The number of para-hydroxylation sites is 2. The van der Waals surface area contributed by atoms with Gasteiger partial charge >= 0.3 is 29.6 Å². The molecule has 1 aliphatic carbocycles. The van der Waals surface area contributed by atoms with Crippen LogP contribution in [0.15, 0.2) is 106 Å². The summed E-state index contributed by atoms with van der Waals surface area (Å²) in [4.78, 5) is 3.24. The van der Waals surface area contributed by atoms with Gasteiger partial charge in [0, 0.05) is 63.0 Å². The summed E-state index contributed by atoms with van der Waals surface area (Å²) >= 11 is 0. The van der Waals surface area contributed by atoms with Crippen molar-refractivity contribution in [2.75, 3.05) is 11.6 Å². The van der Waals surface area contributed by atoms with Gasteiger partial charge in [0.2, 0.25) is 11.0 Å². The van der Waals surface area contributed by atoms with Crippen molar-refractivity contribution in [3.8, 4) is 22.5 Å². The Hall–Kier alpha value is -3.81. The maximum Gasteiger partial charge on any atom is 1.00 e. The number of hydrogen-bond donors (Lipinski definition) is 2. The van der Waals surface area contributed by atoms with Crippen molar-refractivity contribution in [3.05, 3.63) is 125 Å². The van der Waals surface area contributed by atoms with Crippen LogP contribution in [0.5, 0.6) is 0 Å². The fourth-order valence-corrected chi connectivity index (χ4v) is 6.22. The Morgan fingerprint density at radius 1 is 0.688 bits per heavy atom. The summed E-state index contributed by atoms with van der Waals surface area (Å²) < 4.78 is 70.8. The summed E-state index contributed by atoms with van der Waals surface area (Å²) in [6.45, 7) is 8.21. The van der Waals surface area contributed by atoms with E-state index in [1.807, 2.05) is 48.5 Å². The van der Waals surface area contributed by atoms with Crippen molar-refractivity contribution in [3.63, 3.8) is 0 Å². The Kier molecular flexibility index (Phi) is 11.4. The third-order valence-electron chi connectivity index (χ3n) is 7.65. The van der Waals surface area contributed by atoms with Crippen molar-refractivity contribution in [1.29, 1.82) is 0 Å². The topological polar surface area (TPSA) is 154 Å². The molecule has 0 saturated heterocycles. The average molecular weight is 693 g/mol. The fourth-order valence-electron chi connectivity index (χ4n) is 5.54. The molecule has 4 aromatic carbocycles. The van der Waals surface area contributed by atoms with Gasteiger partial charge in [-0.1, -0.05) is 54.6 Å². The number of aryl methyl sites for hydroxylation is 4. The van der Waals surface area contributed by atoms with Crippen LogP contribution in [0, 0.1) is 27.7 Å². The summed E-state index contributed by atoms with van der Waals surface area (Å²) in [7, 11) is -8.66. The van der Waals surface area contributed by atoms with E-state index in [1.165, 1.54) is 6.07 Å². The number of anilines is 2. The second kappa shape index (κ2) is 14.8. The molecule has 0 atom stereocenters. The molecule has 2 aliphatic rings. The van der Waals surface area contributed by atoms with Gasteiger partial charge in [-0.25, -0.2) is 21.8 Å². The van der Waals surface area contributed by atoms with Gasteiger partial charge in [0.1, 0.15) is 21.5 Å². The third-order valence-corrected chi connectivity index (χ3v) is 8.54. The smallest absolute Gasteiger partial charge is 0.748 e. The molecular weight excluding hydrogens is 660 g/mol. The van der Waals surface area contributed by atoms with Crippen LogP contribution in [0.25, 0.3) is 33.4 Å². The van der Waals surface area contributed by atoms with Crippen molar-refractivity contribution >= 4 is 48.3 Å². The monoisotopic (exact) mass is 692 g/mol. The summed E-state index contributed by atoms with van der Waals surface area (Å²) in [6, 6.07) is 30.1. The Morgan fingerprint density at radius 3 is 1.88 bits per heavy atom. The van der Waals surface area contributed by atoms with Gasteiger partial charge in [0.25, 0.3) is 0 Å². The summed E-state index contributed by atoms with van der Waals surface area (Å²) in [5.41, 5.74) is 9.52. The minimum Gasteiger partial charge on any atom is -0.748 e. The zero-order valence-corrected chi connectivity index (χ0v) is 31.0. The molecular formula is C36H33N2NaO7S2. The van der Waals surface area contributed by atoms with Gasteiger partial charge in [-0.3, -0.25) is 0 Å². The first-order chi connectivity index (χ1) is 22.1. The molecule has 0 fully saturated rings. The van der Waals surface area contributed by atoms with E-state index in [1.54, 1.807) is 18.2 Å². The van der Waals surface area contributed by atoms with Crippen LogP contribution in [0.1, 0.15) is 22.3 Å². The number of nitrogens with one attached hydrogen (secondary N) is 2. The summed E-state index contributed by atoms with van der Waals surface area (Å²) in [6.07, 6.45) is 0.604. The van der Waals surface area contributed by atoms with Gasteiger partial charge in [0.15, 0.2) is 0 Å². The zero-order chi connectivity index (χ0) is 34.1. The molecule has 0 bridgehead atoms. The van der Waals surface area contributed by atoms with Gasteiger partial charge in [-0.15, -0.1) is 0 Å². The molecule has 0 spiro atoms. The largest absolute Gasteiger partial charge is 1.00 e. The minimum absolute atomic E-state index is 0. The molecule has 1 heterocycles. The molecule has 0 amide bonds. The first-order valence-electron chi connectivity index (χ1n) is 14.6. The van der Waals surface area contributed by atoms with Crippen LogP contribution in [0.2, 0.25) is 0 Å². The number of benzene rings is 5. The van der Waals surface area contributed by atoms with Crippen LogP contribution in [-0.2, 0) is 20.2 Å². The molecule has 6 rings (SSSR count). The first kappa shape index (κ1) is 37.0. The molecule has 2 N–H and O–H groups in total. The number of rotatable bonds is 5. The second-order valence-corrected chi connectivity index (χ2v) is 14.1. The minimum atomic E-state index is -4.74. The Labute approximate surface area is 302 Å². The van der Waals surface area contributed by atoms with Crippen LogP contribution in [0.4, 0.5) is 17.1 Å². The van der Waals surface area contributed by atoms with Gasteiger partial charge in [-0.05, 0) is 63.1 Å². The normalized spacial score (nSPS) is 11.9. The molecule has 4 aromatic rings. The quantitative estimate of drug-likeness (QED) is 0.159. The maximum absolute atomic E-state index is 12.3. The van der Waals surface area contributed by atoms with E-state index in [9.17, 15) is 13.0 Å². The molecule has 48 heavy (non-hydrogen) atoms. The predicted molar refractivity (Wildman–Crippen MR) is 181 cm³/mol. The molecule has 0 unspecified atom stereocenters. The number of fused-ring (bicyclic) bond motifs is 2. The van der Waals surface area contributed by atoms with Gasteiger partial charge < -0.3 is 18.8 Å². The molecule has 0 saturated carbocycles. The van der Waals surface area contributed by atoms with E-state index in [2.05, 4.69) is 62.3 Å². The van der Waals surface area contributed by atoms with E-state index in [-0.39, 0.29) is 34.5 Å². The van der Waals surface area contributed by atoms with E-state index < -0.39 is 20.2 Å². The standard InChI is InChI=1S/C35H30N2O4S.CH4O3S.Na/c1-21-9-7-10-22(2)34(21)36-25-15-17-27-30(19-25)41-31-20-26(37-35-23(3)11-8-12-24(35)4)16-18-28(31)33(27)29-13-5-6-14-32(29)42(38,39)40;1-5(2,3)4;/h5-20,36H,1-4H3,(H,38,39,40);1H3,(H,2,3,4);/q;;+1/p-1. The van der Waals surface area contributed by atoms with Crippen molar-refractivity contribution in [2.24, 2.45) is 0 Å². The van der Waals surface area contributed by atoms with Crippen LogP contribution in [-0.4, -0.2) is 32.2 Å². The molecule has 0 aromatic heterocycles. The van der Waals surface area contributed by atoms with E-state index in [4.69, 9.17) is 17.4 Å². The molecule has 242 valence electrons. The first-order valence-corrected chi connectivity index (χ1v) is 17.8. The third kappa shape index (κ3) is 8.61. The SMILES string of the molecule is CS(=O)(=O)[O-].Cc1cccc(C)c1Nc1ccc2c(-c3ccccc3S(=O)(=O)[O-])c3ccc(=[NH+]c4c(C)cccc4C)cc-3oc2c1.[Na+]. The van der Waals surface area contributed by atoms with Crippen LogP contribution < -0.4 is 45.2 Å². The molecule has 1 aliphatic heterocycles. The van der Waals surface area contributed by atoms with Gasteiger partial charge in [0.05, 0.1) is 21.1 Å². The number of hydrogen-bond acceptors (Lipinski definition) is 8. The fraction of sp³-hybridized carbons (Fsp3) is 0.139. The molecule has 12 heteroatoms. The van der Waals surface area contributed by atoms with Crippen molar-refractivity contribution in [2.45, 2.75) is 32.6 Å².